The first-order valence-corrected chi connectivity index (χ1v) is 9.84. The monoisotopic (exact) mass is 293 g/mol. The van der Waals surface area contributed by atoms with Crippen LogP contribution in [0.4, 0.5) is 0 Å². The van der Waals surface area contributed by atoms with Crippen molar-refractivity contribution in [1.29, 1.82) is 0 Å². The molecule has 1 atom stereocenters. The summed E-state index contributed by atoms with van der Waals surface area (Å²) in [6.45, 7) is 1.37. The third-order valence-electron chi connectivity index (χ3n) is 3.80. The van der Waals surface area contributed by atoms with E-state index in [1.54, 1.807) is 0 Å². The van der Waals surface area contributed by atoms with Gasteiger partial charge in [0.15, 0.2) is 0 Å². The zero-order valence-electron chi connectivity index (χ0n) is 11.0. The largest absolute Gasteiger partial charge is 0.375 e. The molecule has 0 radical (unpaired) electrons. The third-order valence-corrected chi connectivity index (χ3v) is 5.73. The Morgan fingerprint density at radius 1 is 1.39 bits per heavy atom. The van der Waals surface area contributed by atoms with E-state index in [1.807, 2.05) is 11.8 Å². The summed E-state index contributed by atoms with van der Waals surface area (Å²) >= 11 is 2.01. The molecule has 0 aromatic rings. The van der Waals surface area contributed by atoms with Gasteiger partial charge in [0.25, 0.3) is 0 Å². The Balaban J connectivity index is 1.79. The molecule has 4 nitrogen and oxygen atoms in total. The zero-order chi connectivity index (χ0) is 13.1. The van der Waals surface area contributed by atoms with E-state index in [2.05, 4.69) is 5.32 Å². The molecular weight excluding hydrogens is 270 g/mol. The minimum absolute atomic E-state index is 0.0757. The van der Waals surface area contributed by atoms with Crippen LogP contribution in [0.5, 0.6) is 0 Å². The Morgan fingerprint density at radius 2 is 2.11 bits per heavy atom. The fourth-order valence-electron chi connectivity index (χ4n) is 2.74. The van der Waals surface area contributed by atoms with Crippen molar-refractivity contribution < 1.29 is 13.2 Å². The lowest BCUT2D eigenvalue weighted by molar-refractivity contribution is -0.0929. The van der Waals surface area contributed by atoms with Gasteiger partial charge in [0.1, 0.15) is 9.84 Å². The predicted octanol–water partition coefficient (Wildman–Crippen LogP) is 1.07. The van der Waals surface area contributed by atoms with Crippen LogP contribution in [0.3, 0.4) is 0 Å². The van der Waals surface area contributed by atoms with Crippen LogP contribution in [0.25, 0.3) is 0 Å². The highest BCUT2D eigenvalue weighted by Crippen LogP contribution is 2.37. The van der Waals surface area contributed by atoms with E-state index in [-0.39, 0.29) is 11.4 Å². The number of sulfone groups is 1. The van der Waals surface area contributed by atoms with Gasteiger partial charge in [0, 0.05) is 25.4 Å². The van der Waals surface area contributed by atoms with Gasteiger partial charge in [-0.05, 0) is 37.2 Å². The number of rotatable bonds is 4. The second kappa shape index (κ2) is 6.11. The van der Waals surface area contributed by atoms with Gasteiger partial charge in [-0.3, -0.25) is 0 Å². The summed E-state index contributed by atoms with van der Waals surface area (Å²) in [5, 5.41) is 3.38. The first-order valence-electron chi connectivity index (χ1n) is 6.62. The van der Waals surface area contributed by atoms with E-state index >= 15 is 0 Å². The summed E-state index contributed by atoms with van der Waals surface area (Å²) in [4.78, 5) is 0. The lowest BCUT2D eigenvalue weighted by Gasteiger charge is -2.43. The van der Waals surface area contributed by atoms with E-state index in [4.69, 9.17) is 4.74 Å². The molecule has 1 spiro atoms. The summed E-state index contributed by atoms with van der Waals surface area (Å²) in [6, 6.07) is 0.420. The van der Waals surface area contributed by atoms with Gasteiger partial charge in [-0.25, -0.2) is 8.42 Å². The number of nitrogens with one attached hydrogen (secondary N) is 1. The Hall–Kier alpha value is 0.220. The molecule has 0 aromatic heterocycles. The summed E-state index contributed by atoms with van der Waals surface area (Å²) in [5.41, 5.74) is 0.0757. The van der Waals surface area contributed by atoms with Crippen molar-refractivity contribution in [3.05, 3.63) is 0 Å². The first-order chi connectivity index (χ1) is 8.49. The predicted molar refractivity (Wildman–Crippen MR) is 76.0 cm³/mol. The topological polar surface area (TPSA) is 55.4 Å². The smallest absolute Gasteiger partial charge is 0.148 e. The second-order valence-electron chi connectivity index (χ2n) is 5.42. The number of hydrogen-bond donors (Lipinski definition) is 1. The maximum Gasteiger partial charge on any atom is 0.148 e. The Bertz CT molecular complexity index is 358. The molecule has 2 heterocycles. The van der Waals surface area contributed by atoms with Gasteiger partial charge in [0.05, 0.1) is 11.4 Å². The molecule has 2 aliphatic rings. The molecule has 0 amide bonds. The lowest BCUT2D eigenvalue weighted by Crippen LogP contribution is -2.49. The van der Waals surface area contributed by atoms with Crippen LogP contribution >= 0.6 is 11.8 Å². The fraction of sp³-hybridized carbons (Fsp3) is 1.00. The van der Waals surface area contributed by atoms with E-state index in [9.17, 15) is 8.42 Å². The van der Waals surface area contributed by atoms with Crippen LogP contribution in [-0.2, 0) is 14.6 Å². The van der Waals surface area contributed by atoms with Crippen molar-refractivity contribution in [2.45, 2.75) is 37.3 Å². The zero-order valence-corrected chi connectivity index (χ0v) is 12.6. The molecular formula is C12H23NO3S2. The van der Waals surface area contributed by atoms with Crippen LogP contribution < -0.4 is 5.32 Å². The van der Waals surface area contributed by atoms with Gasteiger partial charge in [0.2, 0.25) is 0 Å². The van der Waals surface area contributed by atoms with Crippen molar-refractivity contribution in [2.24, 2.45) is 0 Å². The molecule has 0 bridgehead atoms. The molecule has 0 aromatic carbocycles. The highest BCUT2D eigenvalue weighted by molar-refractivity contribution is 7.99. The Labute approximate surface area is 114 Å². The van der Waals surface area contributed by atoms with Crippen molar-refractivity contribution in [2.75, 3.05) is 36.7 Å². The van der Waals surface area contributed by atoms with E-state index in [0.717, 1.165) is 32.3 Å². The van der Waals surface area contributed by atoms with Gasteiger partial charge < -0.3 is 10.1 Å². The maximum atomic E-state index is 11.1. The number of thioether (sulfide) groups is 1. The quantitative estimate of drug-likeness (QED) is 0.840. The molecule has 0 saturated carbocycles. The van der Waals surface area contributed by atoms with Gasteiger partial charge in [-0.2, -0.15) is 11.8 Å². The standard InChI is InChI=1S/C12H23NO3S2/c1-18(14,15)9-5-13-11-2-6-16-12(10-11)3-7-17-8-4-12/h11,13H,2-10H2,1H3. The molecule has 2 rings (SSSR count). The van der Waals surface area contributed by atoms with E-state index in [1.165, 1.54) is 17.8 Å². The molecule has 1 N–H and O–H groups in total. The third kappa shape index (κ3) is 4.40. The molecule has 2 saturated heterocycles. The number of hydrogen-bond acceptors (Lipinski definition) is 5. The molecule has 1 unspecified atom stereocenters. The van der Waals surface area contributed by atoms with Crippen molar-refractivity contribution in [3.63, 3.8) is 0 Å². The van der Waals surface area contributed by atoms with Crippen molar-refractivity contribution >= 4 is 21.6 Å². The van der Waals surface area contributed by atoms with Crippen LogP contribution in [0.15, 0.2) is 0 Å². The highest BCUT2D eigenvalue weighted by Gasteiger charge is 2.38. The minimum Gasteiger partial charge on any atom is -0.375 e. The second-order valence-corrected chi connectivity index (χ2v) is 8.90. The van der Waals surface area contributed by atoms with Crippen LogP contribution in [0.2, 0.25) is 0 Å². The van der Waals surface area contributed by atoms with Gasteiger partial charge >= 0.3 is 0 Å². The van der Waals surface area contributed by atoms with Crippen molar-refractivity contribution in [1.82, 2.24) is 5.32 Å². The van der Waals surface area contributed by atoms with Gasteiger partial charge in [-0.15, -0.1) is 0 Å². The summed E-state index contributed by atoms with van der Waals surface area (Å²) in [5.74, 6) is 2.61. The maximum absolute atomic E-state index is 11.1. The molecule has 0 aliphatic carbocycles. The van der Waals surface area contributed by atoms with Crippen molar-refractivity contribution in [3.8, 4) is 0 Å². The SMILES string of the molecule is CS(=O)(=O)CCNC1CCOC2(CCSCC2)C1. The number of ether oxygens (including phenoxy) is 1. The summed E-state index contributed by atoms with van der Waals surface area (Å²) in [6.07, 6.45) is 5.61. The van der Waals surface area contributed by atoms with Crippen LogP contribution in [0.1, 0.15) is 25.7 Å². The first kappa shape index (κ1) is 14.6. The fourth-order valence-corrected chi connectivity index (χ4v) is 4.47. The Morgan fingerprint density at radius 3 is 2.78 bits per heavy atom. The molecule has 2 aliphatic heterocycles. The summed E-state index contributed by atoms with van der Waals surface area (Å²) < 4.78 is 28.2. The highest BCUT2D eigenvalue weighted by atomic mass is 32.2. The van der Waals surface area contributed by atoms with Crippen LogP contribution in [-0.4, -0.2) is 56.7 Å². The van der Waals surface area contributed by atoms with Crippen LogP contribution in [0, 0.1) is 0 Å². The molecule has 2 fully saturated rings. The average molecular weight is 293 g/mol. The normalized spacial score (nSPS) is 28.4. The minimum atomic E-state index is -2.86. The lowest BCUT2D eigenvalue weighted by atomic mass is 9.85. The Kier molecular flexibility index (Phi) is 4.97. The average Bonchev–Trinajstić information content (AvgIpc) is 2.28. The summed E-state index contributed by atoms with van der Waals surface area (Å²) in [7, 11) is -2.86. The van der Waals surface area contributed by atoms with E-state index in [0.29, 0.717) is 12.6 Å². The molecule has 6 heteroatoms. The molecule has 18 heavy (non-hydrogen) atoms. The van der Waals surface area contributed by atoms with E-state index < -0.39 is 9.84 Å². The molecule has 106 valence electrons. The van der Waals surface area contributed by atoms with Gasteiger partial charge in [-0.1, -0.05) is 0 Å².